The van der Waals surface area contributed by atoms with Gasteiger partial charge in [-0.3, -0.25) is 4.40 Å². The topological polar surface area (TPSA) is 105 Å². The predicted octanol–water partition coefficient (Wildman–Crippen LogP) is 2.46. The van der Waals surface area contributed by atoms with E-state index in [4.69, 9.17) is 4.74 Å². The first-order valence-electron chi connectivity index (χ1n) is 9.50. The van der Waals surface area contributed by atoms with Crippen LogP contribution in [0.4, 0.5) is 10.6 Å². The van der Waals surface area contributed by atoms with Crippen LogP contribution in [0.2, 0.25) is 0 Å². The van der Waals surface area contributed by atoms with Crippen LogP contribution in [-0.2, 0) is 17.8 Å². The molecule has 2 aromatic heterocycles. The number of ether oxygens (including phenoxy) is 1. The van der Waals surface area contributed by atoms with Crippen molar-refractivity contribution in [2.24, 2.45) is 5.10 Å². The molecular formula is C21H25N7O2. The molecule has 0 bridgehead atoms. The maximum atomic E-state index is 11.9. The van der Waals surface area contributed by atoms with E-state index < -0.39 is 6.09 Å². The SMILES string of the molecule is C=C(/C=N\NC)c1cnc2c(NC)nc(CCNC(=O)OCc3ccccc3)cn12. The number of nitrogens with one attached hydrogen (secondary N) is 3. The molecule has 3 N–H and O–H groups in total. The minimum atomic E-state index is -0.464. The summed E-state index contributed by atoms with van der Waals surface area (Å²) in [6.07, 6.45) is 5.31. The first-order valence-corrected chi connectivity index (χ1v) is 9.50. The molecule has 9 heteroatoms. The number of hydrogen-bond acceptors (Lipinski definition) is 7. The third-order valence-electron chi connectivity index (χ3n) is 4.32. The average molecular weight is 407 g/mol. The fourth-order valence-electron chi connectivity index (χ4n) is 2.84. The Bertz CT molecular complexity index is 1040. The van der Waals surface area contributed by atoms with Crippen LogP contribution in [0.15, 0.2) is 54.4 Å². The Labute approximate surface area is 174 Å². The van der Waals surface area contributed by atoms with Gasteiger partial charge >= 0.3 is 6.09 Å². The molecule has 3 aromatic rings. The lowest BCUT2D eigenvalue weighted by Crippen LogP contribution is -2.26. The van der Waals surface area contributed by atoms with E-state index in [1.807, 2.05) is 40.9 Å². The molecule has 3 rings (SSSR count). The largest absolute Gasteiger partial charge is 0.445 e. The molecule has 1 amide bonds. The summed E-state index contributed by atoms with van der Waals surface area (Å²) in [5.74, 6) is 0.642. The van der Waals surface area contributed by atoms with E-state index in [1.165, 1.54) is 0 Å². The molecule has 0 unspecified atom stereocenters. The Hall–Kier alpha value is -3.88. The zero-order valence-corrected chi connectivity index (χ0v) is 17.1. The van der Waals surface area contributed by atoms with Crippen molar-refractivity contribution in [2.45, 2.75) is 13.0 Å². The molecule has 0 atom stereocenters. The molecule has 0 saturated heterocycles. The molecule has 0 spiro atoms. The maximum Gasteiger partial charge on any atom is 0.407 e. The maximum absolute atomic E-state index is 11.9. The van der Waals surface area contributed by atoms with Crippen molar-refractivity contribution >= 4 is 29.3 Å². The number of nitrogens with zero attached hydrogens (tertiary/aromatic N) is 4. The van der Waals surface area contributed by atoms with Gasteiger partial charge in [0.25, 0.3) is 0 Å². The molecule has 0 fully saturated rings. The average Bonchev–Trinajstić information content (AvgIpc) is 3.20. The molecule has 156 valence electrons. The molecule has 0 aliphatic carbocycles. The highest BCUT2D eigenvalue weighted by molar-refractivity contribution is 6.08. The lowest BCUT2D eigenvalue weighted by Gasteiger charge is -2.10. The number of rotatable bonds is 9. The minimum absolute atomic E-state index is 0.232. The number of hydrazone groups is 1. The summed E-state index contributed by atoms with van der Waals surface area (Å²) in [7, 11) is 3.51. The number of aromatic nitrogens is 3. The lowest BCUT2D eigenvalue weighted by atomic mass is 10.2. The fraction of sp³-hybridized carbons (Fsp3) is 0.238. The van der Waals surface area contributed by atoms with Crippen LogP contribution in [0.1, 0.15) is 17.0 Å². The Kier molecular flexibility index (Phi) is 6.99. The molecule has 1 aromatic carbocycles. The summed E-state index contributed by atoms with van der Waals surface area (Å²) < 4.78 is 7.14. The Morgan fingerprint density at radius 3 is 2.83 bits per heavy atom. The third kappa shape index (κ3) is 5.13. The second-order valence-corrected chi connectivity index (χ2v) is 6.41. The Morgan fingerprint density at radius 2 is 2.10 bits per heavy atom. The molecule has 9 nitrogen and oxygen atoms in total. The molecule has 0 saturated carbocycles. The van der Waals surface area contributed by atoms with Crippen LogP contribution in [-0.4, -0.2) is 47.3 Å². The van der Waals surface area contributed by atoms with Crippen LogP contribution in [0.5, 0.6) is 0 Å². The number of carbonyl (C=O) groups is 1. The van der Waals surface area contributed by atoms with E-state index in [0.717, 1.165) is 17.0 Å². The van der Waals surface area contributed by atoms with Crippen molar-refractivity contribution in [1.29, 1.82) is 0 Å². The normalized spacial score (nSPS) is 10.9. The van der Waals surface area contributed by atoms with Crippen molar-refractivity contribution in [3.63, 3.8) is 0 Å². The highest BCUT2D eigenvalue weighted by Crippen LogP contribution is 2.19. The Morgan fingerprint density at radius 1 is 1.30 bits per heavy atom. The quantitative estimate of drug-likeness (QED) is 0.372. The van der Waals surface area contributed by atoms with Gasteiger partial charge in [0.2, 0.25) is 0 Å². The van der Waals surface area contributed by atoms with E-state index in [-0.39, 0.29) is 6.61 Å². The van der Waals surface area contributed by atoms with Crippen molar-refractivity contribution in [2.75, 3.05) is 26.0 Å². The zero-order chi connectivity index (χ0) is 21.3. The Balaban J connectivity index is 1.64. The van der Waals surface area contributed by atoms with E-state index in [1.54, 1.807) is 26.5 Å². The highest BCUT2D eigenvalue weighted by atomic mass is 16.5. The van der Waals surface area contributed by atoms with Gasteiger partial charge in [0.15, 0.2) is 11.5 Å². The predicted molar refractivity (Wildman–Crippen MR) is 117 cm³/mol. The summed E-state index contributed by atoms with van der Waals surface area (Å²) in [5, 5.41) is 9.81. The van der Waals surface area contributed by atoms with E-state index in [9.17, 15) is 4.79 Å². The zero-order valence-electron chi connectivity index (χ0n) is 17.1. The van der Waals surface area contributed by atoms with Crippen molar-refractivity contribution in [1.82, 2.24) is 25.1 Å². The van der Waals surface area contributed by atoms with Gasteiger partial charge in [-0.25, -0.2) is 14.8 Å². The summed E-state index contributed by atoms with van der Waals surface area (Å²) in [5.41, 5.74) is 6.62. The number of carbonyl (C=O) groups excluding carboxylic acids is 1. The smallest absolute Gasteiger partial charge is 0.407 e. The van der Waals surface area contributed by atoms with E-state index in [2.05, 4.69) is 37.7 Å². The van der Waals surface area contributed by atoms with Gasteiger partial charge in [0, 0.05) is 38.8 Å². The van der Waals surface area contributed by atoms with Gasteiger partial charge in [-0.1, -0.05) is 36.9 Å². The van der Waals surface area contributed by atoms with Gasteiger partial charge < -0.3 is 20.8 Å². The number of alkyl carbamates (subject to hydrolysis) is 1. The van der Waals surface area contributed by atoms with Crippen molar-refractivity contribution in [3.8, 4) is 0 Å². The molecule has 0 aliphatic heterocycles. The van der Waals surface area contributed by atoms with Crippen LogP contribution >= 0.6 is 0 Å². The third-order valence-corrected chi connectivity index (χ3v) is 4.32. The van der Waals surface area contributed by atoms with Crippen LogP contribution < -0.4 is 16.1 Å². The number of fused-ring (bicyclic) bond motifs is 1. The number of allylic oxidation sites excluding steroid dienone is 1. The van der Waals surface area contributed by atoms with Crippen LogP contribution in [0, 0.1) is 0 Å². The lowest BCUT2D eigenvalue weighted by molar-refractivity contribution is 0.140. The molecular weight excluding hydrogens is 382 g/mol. The highest BCUT2D eigenvalue weighted by Gasteiger charge is 2.12. The summed E-state index contributed by atoms with van der Waals surface area (Å²) in [4.78, 5) is 20.9. The van der Waals surface area contributed by atoms with Crippen molar-refractivity contribution in [3.05, 3.63) is 66.3 Å². The molecule has 0 radical (unpaired) electrons. The summed E-state index contributed by atoms with van der Waals surface area (Å²) in [6.45, 7) is 4.66. The van der Waals surface area contributed by atoms with Crippen molar-refractivity contribution < 1.29 is 9.53 Å². The summed E-state index contributed by atoms with van der Waals surface area (Å²) in [6, 6.07) is 9.54. The standard InChI is InChI=1S/C21H25N7O2/c1-15(11-26-23-3)18-12-25-20-19(22-2)27-17(13-28(18)20)9-10-24-21(29)30-14-16-7-5-4-6-8-16/h4-8,11-13,23H,1,9-10,14H2,2-3H3,(H,22,27)(H,24,29)/b26-11-. The van der Waals surface area contributed by atoms with Gasteiger partial charge in [-0.05, 0) is 5.56 Å². The molecule has 30 heavy (non-hydrogen) atoms. The van der Waals surface area contributed by atoms with Crippen LogP contribution in [0.3, 0.4) is 0 Å². The first-order chi connectivity index (χ1) is 14.6. The fourth-order valence-corrected chi connectivity index (χ4v) is 2.84. The van der Waals surface area contributed by atoms with Gasteiger partial charge in [-0.15, -0.1) is 0 Å². The minimum Gasteiger partial charge on any atom is -0.445 e. The number of hydrogen-bond donors (Lipinski definition) is 3. The number of anilines is 1. The molecule has 2 heterocycles. The molecule has 0 aliphatic rings. The second kappa shape index (κ2) is 10.1. The number of benzene rings is 1. The van der Waals surface area contributed by atoms with Gasteiger partial charge in [-0.2, -0.15) is 5.10 Å². The summed E-state index contributed by atoms with van der Waals surface area (Å²) >= 11 is 0. The van der Waals surface area contributed by atoms with E-state index in [0.29, 0.717) is 30.0 Å². The van der Waals surface area contributed by atoms with Gasteiger partial charge in [0.05, 0.1) is 23.8 Å². The second-order valence-electron chi connectivity index (χ2n) is 6.41. The number of imidazole rings is 1. The monoisotopic (exact) mass is 407 g/mol. The van der Waals surface area contributed by atoms with E-state index >= 15 is 0 Å². The number of amides is 1. The van der Waals surface area contributed by atoms with Gasteiger partial charge in [0.1, 0.15) is 6.61 Å². The first kappa shape index (κ1) is 20.8. The van der Waals surface area contributed by atoms with Crippen LogP contribution in [0.25, 0.3) is 11.2 Å².